The van der Waals surface area contributed by atoms with Crippen molar-refractivity contribution in [2.45, 2.75) is 19.2 Å². The van der Waals surface area contributed by atoms with Crippen LogP contribution in [-0.4, -0.2) is 16.9 Å². The summed E-state index contributed by atoms with van der Waals surface area (Å²) in [5.74, 6) is 0.883. The monoisotopic (exact) mass is 184 g/mol. The zero-order valence-corrected chi connectivity index (χ0v) is 8.10. The summed E-state index contributed by atoms with van der Waals surface area (Å²) >= 11 is 5.77. The highest BCUT2D eigenvalue weighted by molar-refractivity contribution is 6.20. The first kappa shape index (κ1) is 9.33. The number of alkyl halides is 1. The Morgan fingerprint density at radius 3 is 2.83 bits per heavy atom. The van der Waals surface area contributed by atoms with Crippen LogP contribution in [0.3, 0.4) is 0 Å². The fraction of sp³-hybridized carbons (Fsp3) is 0.444. The maximum atomic E-state index is 5.77. The van der Waals surface area contributed by atoms with Crippen molar-refractivity contribution >= 4 is 17.4 Å². The predicted molar refractivity (Wildman–Crippen MR) is 52.8 cm³/mol. The summed E-state index contributed by atoms with van der Waals surface area (Å²) in [6.45, 7) is 4.71. The molecule has 1 aromatic heterocycles. The molecule has 0 aliphatic rings. The Morgan fingerprint density at radius 2 is 2.33 bits per heavy atom. The minimum atomic E-state index is 0.133. The summed E-state index contributed by atoms with van der Waals surface area (Å²) in [7, 11) is 0. The van der Waals surface area contributed by atoms with E-state index in [-0.39, 0.29) is 5.38 Å². The fourth-order valence-corrected chi connectivity index (χ4v) is 0.895. The molecule has 66 valence electrons. The van der Waals surface area contributed by atoms with E-state index in [1.165, 1.54) is 5.56 Å². The van der Waals surface area contributed by atoms with E-state index in [0.29, 0.717) is 0 Å². The molecule has 0 fully saturated rings. The molecule has 0 aliphatic heterocycles. The van der Waals surface area contributed by atoms with E-state index in [0.717, 1.165) is 12.4 Å². The van der Waals surface area contributed by atoms with E-state index in [1.54, 1.807) is 0 Å². The second-order valence-corrected chi connectivity index (χ2v) is 3.63. The average molecular weight is 185 g/mol. The van der Waals surface area contributed by atoms with Gasteiger partial charge in [-0.3, -0.25) is 0 Å². The van der Waals surface area contributed by atoms with Gasteiger partial charge in [0.2, 0.25) is 0 Å². The summed E-state index contributed by atoms with van der Waals surface area (Å²) in [6.07, 6.45) is 1.83. The van der Waals surface area contributed by atoms with Crippen LogP contribution in [0.2, 0.25) is 0 Å². The summed E-state index contributed by atoms with van der Waals surface area (Å²) < 4.78 is 0. The van der Waals surface area contributed by atoms with Gasteiger partial charge in [0.1, 0.15) is 5.82 Å². The number of nitrogens with one attached hydrogen (secondary N) is 1. The van der Waals surface area contributed by atoms with E-state index >= 15 is 0 Å². The number of hydrogen-bond acceptors (Lipinski definition) is 2. The lowest BCUT2D eigenvalue weighted by Crippen LogP contribution is -2.11. The normalized spacial score (nSPS) is 12.6. The van der Waals surface area contributed by atoms with Crippen molar-refractivity contribution in [3.8, 4) is 0 Å². The van der Waals surface area contributed by atoms with Crippen LogP contribution in [0.4, 0.5) is 5.82 Å². The van der Waals surface area contributed by atoms with Gasteiger partial charge in [-0.1, -0.05) is 6.07 Å². The number of pyridine rings is 1. The Morgan fingerprint density at radius 1 is 1.58 bits per heavy atom. The first-order valence-corrected chi connectivity index (χ1v) is 4.42. The lowest BCUT2D eigenvalue weighted by atomic mass is 10.3. The van der Waals surface area contributed by atoms with Crippen LogP contribution in [0, 0.1) is 6.92 Å². The molecule has 1 N–H and O–H groups in total. The van der Waals surface area contributed by atoms with Crippen molar-refractivity contribution in [3.05, 3.63) is 23.9 Å². The van der Waals surface area contributed by atoms with Crippen molar-refractivity contribution < 1.29 is 0 Å². The maximum absolute atomic E-state index is 5.77. The molecular weight excluding hydrogens is 172 g/mol. The molecule has 3 heteroatoms. The SMILES string of the molecule is Cc1ccc(NCC(C)Cl)nc1. The standard InChI is InChI=1S/C9H13ClN2/c1-7-3-4-9(11-5-7)12-6-8(2)10/h3-5,8H,6H2,1-2H3,(H,11,12). The number of nitrogens with zero attached hydrogens (tertiary/aromatic N) is 1. The lowest BCUT2D eigenvalue weighted by molar-refractivity contribution is 0.977. The molecule has 0 radical (unpaired) electrons. The highest BCUT2D eigenvalue weighted by Gasteiger charge is 1.96. The Balaban J connectivity index is 2.48. The topological polar surface area (TPSA) is 24.9 Å². The molecule has 0 aliphatic carbocycles. The van der Waals surface area contributed by atoms with Crippen LogP contribution in [0.25, 0.3) is 0 Å². The quantitative estimate of drug-likeness (QED) is 0.730. The molecule has 0 saturated carbocycles. The Hall–Kier alpha value is -0.760. The van der Waals surface area contributed by atoms with Gasteiger partial charge in [-0.15, -0.1) is 11.6 Å². The maximum Gasteiger partial charge on any atom is 0.125 e. The number of hydrogen-bond donors (Lipinski definition) is 1. The van der Waals surface area contributed by atoms with Gasteiger partial charge in [-0.2, -0.15) is 0 Å². The Bertz CT molecular complexity index is 231. The molecule has 1 aromatic rings. The summed E-state index contributed by atoms with van der Waals surface area (Å²) in [4.78, 5) is 4.18. The van der Waals surface area contributed by atoms with Gasteiger partial charge >= 0.3 is 0 Å². The smallest absolute Gasteiger partial charge is 0.125 e. The second kappa shape index (κ2) is 4.31. The molecule has 0 amide bonds. The third-order valence-electron chi connectivity index (χ3n) is 1.48. The third-order valence-corrected chi connectivity index (χ3v) is 1.63. The Labute approximate surface area is 78.0 Å². The van der Waals surface area contributed by atoms with Crippen LogP contribution in [-0.2, 0) is 0 Å². The Kier molecular flexibility index (Phi) is 3.35. The molecule has 12 heavy (non-hydrogen) atoms. The summed E-state index contributed by atoms with van der Waals surface area (Å²) in [6, 6.07) is 3.98. The minimum absolute atomic E-state index is 0.133. The summed E-state index contributed by atoms with van der Waals surface area (Å²) in [5.41, 5.74) is 1.17. The molecule has 0 aromatic carbocycles. The molecule has 0 bridgehead atoms. The van der Waals surface area contributed by atoms with Gasteiger partial charge in [0.25, 0.3) is 0 Å². The highest BCUT2D eigenvalue weighted by Crippen LogP contribution is 2.04. The van der Waals surface area contributed by atoms with Crippen LogP contribution in [0.1, 0.15) is 12.5 Å². The van der Waals surface area contributed by atoms with Crippen LogP contribution in [0.15, 0.2) is 18.3 Å². The molecule has 1 heterocycles. The molecule has 1 rings (SSSR count). The third kappa shape index (κ3) is 3.09. The van der Waals surface area contributed by atoms with Crippen LogP contribution < -0.4 is 5.32 Å². The van der Waals surface area contributed by atoms with Crippen molar-refractivity contribution in [1.82, 2.24) is 4.98 Å². The van der Waals surface area contributed by atoms with Crippen LogP contribution >= 0.6 is 11.6 Å². The zero-order chi connectivity index (χ0) is 8.97. The van der Waals surface area contributed by atoms with Crippen LogP contribution in [0.5, 0.6) is 0 Å². The summed E-state index contributed by atoms with van der Waals surface area (Å²) in [5, 5.41) is 3.26. The molecule has 1 atom stereocenters. The number of aryl methyl sites for hydroxylation is 1. The van der Waals surface area contributed by atoms with E-state index < -0.39 is 0 Å². The molecule has 2 nitrogen and oxygen atoms in total. The van der Waals surface area contributed by atoms with Gasteiger partial charge in [-0.05, 0) is 25.5 Å². The van der Waals surface area contributed by atoms with Gasteiger partial charge in [0.15, 0.2) is 0 Å². The van der Waals surface area contributed by atoms with Gasteiger partial charge < -0.3 is 5.32 Å². The van der Waals surface area contributed by atoms with E-state index in [4.69, 9.17) is 11.6 Å². The second-order valence-electron chi connectivity index (χ2n) is 2.88. The highest BCUT2D eigenvalue weighted by atomic mass is 35.5. The first-order valence-electron chi connectivity index (χ1n) is 3.99. The predicted octanol–water partition coefficient (Wildman–Crippen LogP) is 2.43. The number of anilines is 1. The number of rotatable bonds is 3. The van der Waals surface area contributed by atoms with Gasteiger partial charge in [0.05, 0.1) is 0 Å². The van der Waals surface area contributed by atoms with Gasteiger partial charge in [-0.25, -0.2) is 4.98 Å². The average Bonchev–Trinajstić information content (AvgIpc) is 2.03. The molecule has 1 unspecified atom stereocenters. The van der Waals surface area contributed by atoms with Crippen molar-refractivity contribution in [2.24, 2.45) is 0 Å². The van der Waals surface area contributed by atoms with Crippen molar-refractivity contribution in [3.63, 3.8) is 0 Å². The van der Waals surface area contributed by atoms with Crippen molar-refractivity contribution in [1.29, 1.82) is 0 Å². The molecule has 0 saturated heterocycles. The first-order chi connectivity index (χ1) is 5.68. The van der Waals surface area contributed by atoms with E-state index in [2.05, 4.69) is 10.3 Å². The van der Waals surface area contributed by atoms with Gasteiger partial charge in [0, 0.05) is 18.1 Å². The zero-order valence-electron chi connectivity index (χ0n) is 7.34. The lowest BCUT2D eigenvalue weighted by Gasteiger charge is -2.06. The molecule has 0 spiro atoms. The minimum Gasteiger partial charge on any atom is -0.369 e. The molecular formula is C9H13ClN2. The van der Waals surface area contributed by atoms with E-state index in [9.17, 15) is 0 Å². The van der Waals surface area contributed by atoms with Crippen molar-refractivity contribution in [2.75, 3.05) is 11.9 Å². The number of aromatic nitrogens is 1. The fourth-order valence-electron chi connectivity index (χ4n) is 0.818. The number of halogens is 1. The largest absolute Gasteiger partial charge is 0.369 e. The van der Waals surface area contributed by atoms with E-state index in [1.807, 2.05) is 32.2 Å².